The number of carbonyl (C=O) groups is 1. The van der Waals surface area contributed by atoms with E-state index in [0.717, 1.165) is 22.2 Å². The van der Waals surface area contributed by atoms with Gasteiger partial charge < -0.3 is 5.32 Å². The Morgan fingerprint density at radius 1 is 1.61 bits per heavy atom. The van der Waals surface area contributed by atoms with E-state index in [1.807, 2.05) is 26.0 Å². The molecule has 96 valence electrons. The summed E-state index contributed by atoms with van der Waals surface area (Å²) in [6.45, 7) is 3.92. The van der Waals surface area contributed by atoms with Gasteiger partial charge in [-0.15, -0.1) is 0 Å². The van der Waals surface area contributed by atoms with Crippen LogP contribution in [-0.2, 0) is 4.79 Å². The van der Waals surface area contributed by atoms with Crippen LogP contribution in [0.25, 0.3) is 10.2 Å². The molecule has 0 radical (unpaired) electrons. The van der Waals surface area contributed by atoms with E-state index in [9.17, 15) is 4.79 Å². The molecule has 1 aromatic carbocycles. The van der Waals surface area contributed by atoms with E-state index in [1.54, 1.807) is 0 Å². The fourth-order valence-electron chi connectivity index (χ4n) is 1.54. The standard InChI is InChI=1S/C12H12BrClN2OS/c1-3-7(13)11(17)16-12-15-10-8(14)4-6(2)5-9(10)18-12/h4-5,7H,3H2,1-2H3,(H,15,16,17)/t7-/m1/s1. The van der Waals surface area contributed by atoms with Gasteiger partial charge in [-0.3, -0.25) is 4.79 Å². The number of nitrogens with zero attached hydrogens (tertiary/aromatic N) is 1. The molecule has 1 amide bonds. The zero-order valence-electron chi connectivity index (χ0n) is 9.96. The molecule has 1 heterocycles. The van der Waals surface area contributed by atoms with Gasteiger partial charge in [0.2, 0.25) is 5.91 Å². The monoisotopic (exact) mass is 346 g/mol. The number of anilines is 1. The minimum absolute atomic E-state index is 0.0793. The lowest BCUT2D eigenvalue weighted by Crippen LogP contribution is -2.21. The number of nitrogens with one attached hydrogen (secondary N) is 1. The molecule has 0 spiro atoms. The molecule has 0 aliphatic rings. The summed E-state index contributed by atoms with van der Waals surface area (Å²) >= 11 is 10.9. The Morgan fingerprint density at radius 3 is 3.00 bits per heavy atom. The fourth-order valence-corrected chi connectivity index (χ4v) is 3.02. The van der Waals surface area contributed by atoms with Crippen molar-refractivity contribution in [3.63, 3.8) is 0 Å². The molecule has 0 aliphatic heterocycles. The quantitative estimate of drug-likeness (QED) is 0.838. The maximum Gasteiger partial charge on any atom is 0.239 e. The first-order valence-electron chi connectivity index (χ1n) is 5.53. The predicted octanol–water partition coefficient (Wildman–Crippen LogP) is 4.37. The Balaban J connectivity index is 2.31. The maximum absolute atomic E-state index is 11.7. The van der Waals surface area contributed by atoms with Gasteiger partial charge in [0.15, 0.2) is 5.13 Å². The molecule has 1 atom stereocenters. The van der Waals surface area contributed by atoms with Crippen LogP contribution in [0.4, 0.5) is 5.13 Å². The molecule has 0 aliphatic carbocycles. The Morgan fingerprint density at radius 2 is 2.33 bits per heavy atom. The van der Waals surface area contributed by atoms with Crippen LogP contribution in [0.5, 0.6) is 0 Å². The number of carbonyl (C=O) groups excluding carboxylic acids is 1. The number of alkyl halides is 1. The lowest BCUT2D eigenvalue weighted by atomic mass is 10.2. The summed E-state index contributed by atoms with van der Waals surface area (Å²) in [4.78, 5) is 15.9. The molecule has 0 bridgehead atoms. The second kappa shape index (κ2) is 5.55. The summed E-state index contributed by atoms with van der Waals surface area (Å²) in [5.41, 5.74) is 1.83. The van der Waals surface area contributed by atoms with E-state index in [4.69, 9.17) is 11.6 Å². The zero-order valence-corrected chi connectivity index (χ0v) is 13.1. The molecule has 2 rings (SSSR count). The van der Waals surface area contributed by atoms with Crippen LogP contribution in [0.15, 0.2) is 12.1 Å². The number of aryl methyl sites for hydroxylation is 1. The second-order valence-electron chi connectivity index (χ2n) is 3.98. The molecule has 2 aromatic rings. The summed E-state index contributed by atoms with van der Waals surface area (Å²) in [7, 11) is 0. The number of hydrogen-bond donors (Lipinski definition) is 1. The van der Waals surface area contributed by atoms with Crippen molar-refractivity contribution in [2.75, 3.05) is 5.32 Å². The molecule has 0 saturated carbocycles. The summed E-state index contributed by atoms with van der Waals surface area (Å²) in [6.07, 6.45) is 0.733. The van der Waals surface area contributed by atoms with Crippen molar-refractivity contribution in [3.8, 4) is 0 Å². The topological polar surface area (TPSA) is 42.0 Å². The molecule has 18 heavy (non-hydrogen) atoms. The Kier molecular flexibility index (Phi) is 4.25. The van der Waals surface area contributed by atoms with E-state index in [1.165, 1.54) is 11.3 Å². The lowest BCUT2D eigenvalue weighted by molar-refractivity contribution is -0.115. The normalized spacial score (nSPS) is 12.7. The molecule has 0 fully saturated rings. The number of rotatable bonds is 3. The predicted molar refractivity (Wildman–Crippen MR) is 81.0 cm³/mol. The fraction of sp³-hybridized carbons (Fsp3) is 0.333. The third-order valence-electron chi connectivity index (χ3n) is 2.47. The Hall–Kier alpha value is -0.650. The van der Waals surface area contributed by atoms with Gasteiger partial charge in [-0.05, 0) is 31.0 Å². The highest BCUT2D eigenvalue weighted by molar-refractivity contribution is 9.10. The minimum Gasteiger partial charge on any atom is -0.301 e. The van der Waals surface area contributed by atoms with Gasteiger partial charge in [-0.1, -0.05) is 45.8 Å². The van der Waals surface area contributed by atoms with Crippen LogP contribution < -0.4 is 5.32 Å². The minimum atomic E-state index is -0.193. The summed E-state index contributed by atoms with van der Waals surface area (Å²) in [5, 5.41) is 3.99. The Bertz CT molecular complexity index is 599. The van der Waals surface area contributed by atoms with Crippen LogP contribution in [-0.4, -0.2) is 15.7 Å². The second-order valence-corrected chi connectivity index (χ2v) is 6.52. The number of thiazole rings is 1. The number of aromatic nitrogens is 1. The van der Waals surface area contributed by atoms with Gasteiger partial charge in [0, 0.05) is 0 Å². The number of hydrogen-bond acceptors (Lipinski definition) is 3. The van der Waals surface area contributed by atoms with Gasteiger partial charge in [-0.2, -0.15) is 0 Å². The number of benzene rings is 1. The molecule has 1 aromatic heterocycles. The van der Waals surface area contributed by atoms with Crippen molar-refractivity contribution in [1.29, 1.82) is 0 Å². The van der Waals surface area contributed by atoms with Crippen LogP contribution >= 0.6 is 38.9 Å². The first kappa shape index (κ1) is 13.8. The smallest absolute Gasteiger partial charge is 0.239 e. The van der Waals surface area contributed by atoms with E-state index in [2.05, 4.69) is 26.2 Å². The molecular weight excluding hydrogens is 336 g/mol. The van der Waals surface area contributed by atoms with Crippen LogP contribution in [0.2, 0.25) is 5.02 Å². The van der Waals surface area contributed by atoms with Gasteiger partial charge in [0.25, 0.3) is 0 Å². The highest BCUT2D eigenvalue weighted by atomic mass is 79.9. The van der Waals surface area contributed by atoms with Crippen molar-refractivity contribution in [1.82, 2.24) is 4.98 Å². The number of halogens is 2. The third kappa shape index (κ3) is 2.84. The SMILES string of the molecule is CC[C@@H](Br)C(=O)Nc1nc2c(Cl)cc(C)cc2s1. The summed E-state index contributed by atoms with van der Waals surface area (Å²) in [5.74, 6) is -0.0793. The molecule has 1 N–H and O–H groups in total. The first-order chi connectivity index (χ1) is 8.51. The molecule has 0 saturated heterocycles. The van der Waals surface area contributed by atoms with Crippen molar-refractivity contribution in [3.05, 3.63) is 22.7 Å². The largest absolute Gasteiger partial charge is 0.301 e. The number of amides is 1. The van der Waals surface area contributed by atoms with Gasteiger partial charge >= 0.3 is 0 Å². The van der Waals surface area contributed by atoms with E-state index < -0.39 is 0 Å². The van der Waals surface area contributed by atoms with Crippen molar-refractivity contribution >= 4 is 60.1 Å². The first-order valence-corrected chi connectivity index (χ1v) is 7.64. The van der Waals surface area contributed by atoms with Crippen molar-refractivity contribution < 1.29 is 4.79 Å². The molecule has 3 nitrogen and oxygen atoms in total. The number of fused-ring (bicyclic) bond motifs is 1. The van der Waals surface area contributed by atoms with Crippen LogP contribution in [0, 0.1) is 6.92 Å². The van der Waals surface area contributed by atoms with Gasteiger partial charge in [-0.25, -0.2) is 4.98 Å². The average Bonchev–Trinajstić information content (AvgIpc) is 2.70. The molecule has 6 heteroatoms. The highest BCUT2D eigenvalue weighted by Gasteiger charge is 2.15. The molecular formula is C12H12BrClN2OS. The Labute approximate surface area is 123 Å². The maximum atomic E-state index is 11.7. The summed E-state index contributed by atoms with van der Waals surface area (Å²) in [6, 6.07) is 3.88. The zero-order chi connectivity index (χ0) is 13.3. The van der Waals surface area contributed by atoms with Gasteiger partial charge in [0.1, 0.15) is 5.52 Å². The van der Waals surface area contributed by atoms with Crippen LogP contribution in [0.1, 0.15) is 18.9 Å². The third-order valence-corrected chi connectivity index (χ3v) is 4.74. The van der Waals surface area contributed by atoms with E-state index in [-0.39, 0.29) is 10.7 Å². The lowest BCUT2D eigenvalue weighted by Gasteiger charge is -2.04. The van der Waals surface area contributed by atoms with Gasteiger partial charge in [0.05, 0.1) is 14.5 Å². The van der Waals surface area contributed by atoms with Crippen molar-refractivity contribution in [2.24, 2.45) is 0 Å². The summed E-state index contributed by atoms with van der Waals surface area (Å²) < 4.78 is 0.984. The highest BCUT2D eigenvalue weighted by Crippen LogP contribution is 2.32. The van der Waals surface area contributed by atoms with E-state index in [0.29, 0.717) is 10.2 Å². The average molecular weight is 348 g/mol. The molecule has 0 unspecified atom stereocenters. The van der Waals surface area contributed by atoms with Crippen molar-refractivity contribution in [2.45, 2.75) is 25.1 Å². The van der Waals surface area contributed by atoms with E-state index >= 15 is 0 Å². The van der Waals surface area contributed by atoms with Crippen LogP contribution in [0.3, 0.4) is 0 Å².